The van der Waals surface area contributed by atoms with Crippen molar-refractivity contribution in [2.75, 3.05) is 6.61 Å². The number of aliphatic hydroxyl groups excluding tert-OH is 1. The van der Waals surface area contributed by atoms with Crippen molar-refractivity contribution >= 4 is 0 Å². The third-order valence-corrected chi connectivity index (χ3v) is 0.763. The molecule has 0 aromatic carbocycles. The first-order chi connectivity index (χ1) is 5.41. The van der Waals surface area contributed by atoms with E-state index in [2.05, 4.69) is 23.7 Å². The summed E-state index contributed by atoms with van der Waals surface area (Å²) in [5.41, 5.74) is 0. The largest absolute Gasteiger partial charge is 0.392 e. The number of rotatable bonds is 1. The first kappa shape index (κ1) is 9.56. The topological polar surface area (TPSA) is 20.2 Å². The zero-order valence-electron chi connectivity index (χ0n) is 6.46. The Morgan fingerprint density at radius 1 is 1.18 bits per heavy atom. The SMILES string of the molecule is C/C=C\C#CC#C/C=C/CO. The lowest BCUT2D eigenvalue weighted by Gasteiger charge is -1.68. The molecule has 0 aromatic heterocycles. The van der Waals surface area contributed by atoms with E-state index in [0.717, 1.165) is 0 Å². The monoisotopic (exact) mass is 146 g/mol. The number of hydrogen-bond donors (Lipinski definition) is 1. The average molecular weight is 146 g/mol. The molecule has 1 N–H and O–H groups in total. The smallest absolute Gasteiger partial charge is 0.0621 e. The van der Waals surface area contributed by atoms with Gasteiger partial charge in [0, 0.05) is 0 Å². The van der Waals surface area contributed by atoms with Crippen LogP contribution in [-0.4, -0.2) is 11.7 Å². The lowest BCUT2D eigenvalue weighted by molar-refractivity contribution is 0.343. The zero-order valence-corrected chi connectivity index (χ0v) is 6.46. The van der Waals surface area contributed by atoms with Crippen LogP contribution in [-0.2, 0) is 0 Å². The Morgan fingerprint density at radius 2 is 1.82 bits per heavy atom. The second kappa shape index (κ2) is 8.56. The summed E-state index contributed by atoms with van der Waals surface area (Å²) in [4.78, 5) is 0. The molecule has 56 valence electrons. The van der Waals surface area contributed by atoms with E-state index < -0.39 is 0 Å². The molecule has 1 nitrogen and oxygen atoms in total. The zero-order chi connectivity index (χ0) is 8.36. The van der Waals surface area contributed by atoms with E-state index in [-0.39, 0.29) is 6.61 Å². The van der Waals surface area contributed by atoms with Crippen LogP contribution in [0.5, 0.6) is 0 Å². The molecule has 0 aliphatic carbocycles. The molecule has 0 heterocycles. The molecule has 1 heteroatoms. The highest BCUT2D eigenvalue weighted by atomic mass is 16.2. The molecule has 0 fully saturated rings. The van der Waals surface area contributed by atoms with Gasteiger partial charge in [-0.2, -0.15) is 0 Å². The van der Waals surface area contributed by atoms with Gasteiger partial charge in [-0.15, -0.1) is 0 Å². The Kier molecular flexibility index (Phi) is 7.44. The molecular weight excluding hydrogens is 136 g/mol. The van der Waals surface area contributed by atoms with Gasteiger partial charge >= 0.3 is 0 Å². The molecule has 0 rings (SSSR count). The Bertz CT molecular complexity index is 250. The molecule has 0 saturated carbocycles. The normalized spacial score (nSPS) is 8.91. The predicted octanol–water partition coefficient (Wildman–Crippen LogP) is 1.12. The molecule has 0 saturated heterocycles. The van der Waals surface area contributed by atoms with Crippen LogP contribution < -0.4 is 0 Å². The minimum absolute atomic E-state index is 0.0248. The van der Waals surface area contributed by atoms with Crippen molar-refractivity contribution in [1.82, 2.24) is 0 Å². The summed E-state index contributed by atoms with van der Waals surface area (Å²) in [5.74, 6) is 10.6. The first-order valence-corrected chi connectivity index (χ1v) is 3.30. The van der Waals surface area contributed by atoms with Crippen LogP contribution in [0.2, 0.25) is 0 Å². The fourth-order valence-electron chi connectivity index (χ4n) is 0.350. The van der Waals surface area contributed by atoms with Gasteiger partial charge in [0.15, 0.2) is 0 Å². The highest BCUT2D eigenvalue weighted by molar-refractivity contribution is 5.33. The fourth-order valence-corrected chi connectivity index (χ4v) is 0.350. The van der Waals surface area contributed by atoms with E-state index in [0.29, 0.717) is 0 Å². The van der Waals surface area contributed by atoms with E-state index in [4.69, 9.17) is 5.11 Å². The van der Waals surface area contributed by atoms with Crippen LogP contribution in [0.15, 0.2) is 24.3 Å². The maximum absolute atomic E-state index is 8.31. The van der Waals surface area contributed by atoms with E-state index in [9.17, 15) is 0 Å². The van der Waals surface area contributed by atoms with Crippen molar-refractivity contribution in [2.45, 2.75) is 6.92 Å². The molecule has 0 aliphatic rings. The van der Waals surface area contributed by atoms with Gasteiger partial charge in [0.05, 0.1) is 6.61 Å². The van der Waals surface area contributed by atoms with Crippen LogP contribution in [0.4, 0.5) is 0 Å². The lowest BCUT2D eigenvalue weighted by Crippen LogP contribution is -1.67. The lowest BCUT2D eigenvalue weighted by atomic mass is 10.4. The summed E-state index contributed by atoms with van der Waals surface area (Å²) >= 11 is 0. The Hall–Kier alpha value is -1.44. The van der Waals surface area contributed by atoms with Crippen molar-refractivity contribution in [1.29, 1.82) is 0 Å². The minimum atomic E-state index is 0.0248. The second-order valence-electron chi connectivity index (χ2n) is 1.62. The molecule has 0 aliphatic heterocycles. The standard InChI is InChI=1S/C10H10O/c1-2-3-4-5-6-7-8-9-10-11/h2-3,8-9,11H,10H2,1H3/b3-2-,9-8+. The number of hydrogen-bond acceptors (Lipinski definition) is 1. The van der Waals surface area contributed by atoms with Gasteiger partial charge in [0.25, 0.3) is 0 Å². The van der Waals surface area contributed by atoms with Crippen molar-refractivity contribution in [3.05, 3.63) is 24.3 Å². The molecule has 0 aromatic rings. The maximum Gasteiger partial charge on any atom is 0.0621 e. The van der Waals surface area contributed by atoms with Gasteiger partial charge in [-0.25, -0.2) is 0 Å². The average Bonchev–Trinajstić information content (AvgIpc) is 2.03. The Balaban J connectivity index is 3.74. The molecule has 0 atom stereocenters. The van der Waals surface area contributed by atoms with Gasteiger partial charge in [0.1, 0.15) is 0 Å². The van der Waals surface area contributed by atoms with Crippen LogP contribution in [0.25, 0.3) is 0 Å². The van der Waals surface area contributed by atoms with Gasteiger partial charge in [-0.3, -0.25) is 0 Å². The van der Waals surface area contributed by atoms with Gasteiger partial charge in [0.2, 0.25) is 0 Å². The van der Waals surface area contributed by atoms with Crippen LogP contribution >= 0.6 is 0 Å². The molecule has 11 heavy (non-hydrogen) atoms. The number of allylic oxidation sites excluding steroid dienone is 3. The van der Waals surface area contributed by atoms with Crippen LogP contribution in [0.3, 0.4) is 0 Å². The Morgan fingerprint density at radius 3 is 2.36 bits per heavy atom. The Labute approximate surface area is 67.4 Å². The summed E-state index contributed by atoms with van der Waals surface area (Å²) in [6, 6.07) is 0. The molecule has 0 amide bonds. The van der Waals surface area contributed by atoms with E-state index >= 15 is 0 Å². The predicted molar refractivity (Wildman–Crippen MR) is 46.6 cm³/mol. The van der Waals surface area contributed by atoms with Crippen LogP contribution in [0.1, 0.15) is 6.92 Å². The molecule has 0 bridgehead atoms. The molecular formula is C10H10O. The minimum Gasteiger partial charge on any atom is -0.392 e. The van der Waals surface area contributed by atoms with E-state index in [1.165, 1.54) is 0 Å². The number of aliphatic hydroxyl groups is 1. The third-order valence-electron chi connectivity index (χ3n) is 0.763. The highest BCUT2D eigenvalue weighted by Crippen LogP contribution is 1.66. The summed E-state index contributed by atoms with van der Waals surface area (Å²) in [7, 11) is 0. The van der Waals surface area contributed by atoms with Crippen molar-refractivity contribution in [3.63, 3.8) is 0 Å². The summed E-state index contributed by atoms with van der Waals surface area (Å²) in [5, 5.41) is 8.31. The van der Waals surface area contributed by atoms with Gasteiger partial charge in [-0.1, -0.05) is 24.0 Å². The van der Waals surface area contributed by atoms with Gasteiger partial charge in [-0.05, 0) is 30.9 Å². The van der Waals surface area contributed by atoms with Gasteiger partial charge < -0.3 is 5.11 Å². The third kappa shape index (κ3) is 8.56. The second-order valence-corrected chi connectivity index (χ2v) is 1.62. The van der Waals surface area contributed by atoms with Crippen LogP contribution in [0, 0.1) is 23.7 Å². The summed E-state index contributed by atoms with van der Waals surface area (Å²) < 4.78 is 0. The van der Waals surface area contributed by atoms with E-state index in [1.807, 2.05) is 13.0 Å². The summed E-state index contributed by atoms with van der Waals surface area (Å²) in [6.45, 7) is 1.92. The molecule has 0 radical (unpaired) electrons. The summed E-state index contributed by atoms with van der Waals surface area (Å²) in [6.07, 6.45) is 6.71. The maximum atomic E-state index is 8.31. The highest BCUT2D eigenvalue weighted by Gasteiger charge is 1.59. The molecule has 0 unspecified atom stereocenters. The quantitative estimate of drug-likeness (QED) is 0.549. The van der Waals surface area contributed by atoms with E-state index in [1.54, 1.807) is 18.2 Å². The van der Waals surface area contributed by atoms with Crippen molar-refractivity contribution < 1.29 is 5.11 Å². The van der Waals surface area contributed by atoms with Crippen molar-refractivity contribution in [2.24, 2.45) is 0 Å². The van der Waals surface area contributed by atoms with Crippen molar-refractivity contribution in [3.8, 4) is 23.7 Å². The fraction of sp³-hybridized carbons (Fsp3) is 0.200. The first-order valence-electron chi connectivity index (χ1n) is 3.30. The molecule has 0 spiro atoms.